The normalized spacial score (nSPS) is 19.4. The van der Waals surface area contributed by atoms with E-state index in [0.29, 0.717) is 0 Å². The highest BCUT2D eigenvalue weighted by atomic mass is 15.2. The van der Waals surface area contributed by atoms with Crippen molar-refractivity contribution in [2.45, 2.75) is 25.3 Å². The Morgan fingerprint density at radius 3 is 2.47 bits per heavy atom. The van der Waals surface area contributed by atoms with Crippen LogP contribution in [-0.4, -0.2) is 23.0 Å². The molecule has 1 aromatic rings. The zero-order chi connectivity index (χ0) is 10.5. The largest absolute Gasteiger partial charge is 0.284 e. The van der Waals surface area contributed by atoms with Crippen LogP contribution in [0.4, 0.5) is 0 Å². The second-order valence-electron chi connectivity index (χ2n) is 3.91. The van der Waals surface area contributed by atoms with Crippen LogP contribution >= 0.6 is 0 Å². The Hall–Kier alpha value is -1.40. The van der Waals surface area contributed by atoms with E-state index in [1.54, 1.807) is 12.4 Å². The molecule has 1 fully saturated rings. The second kappa shape index (κ2) is 4.90. The average Bonchev–Trinajstić information content (AvgIpc) is 2.33. The molecule has 0 aromatic carbocycles. The van der Waals surface area contributed by atoms with Gasteiger partial charge in [0.2, 0.25) is 0 Å². The number of pyridine rings is 1. The molecular formula is C12H15N3. The lowest BCUT2D eigenvalue weighted by atomic mass is 10.0. The summed E-state index contributed by atoms with van der Waals surface area (Å²) in [7, 11) is 0. The number of hydrogen-bond acceptors (Lipinski definition) is 3. The van der Waals surface area contributed by atoms with Gasteiger partial charge in [-0.2, -0.15) is 5.26 Å². The number of likely N-dealkylation sites (tertiary alicyclic amines) is 1. The number of rotatable bonds is 2. The zero-order valence-electron chi connectivity index (χ0n) is 8.76. The fraction of sp³-hybridized carbons (Fsp3) is 0.500. The number of nitrogens with zero attached hydrogens (tertiary/aromatic N) is 3. The Morgan fingerprint density at radius 2 is 1.87 bits per heavy atom. The first-order valence-electron chi connectivity index (χ1n) is 5.45. The van der Waals surface area contributed by atoms with Gasteiger partial charge in [-0.25, -0.2) is 0 Å². The molecule has 0 bridgehead atoms. The van der Waals surface area contributed by atoms with Gasteiger partial charge >= 0.3 is 0 Å². The Morgan fingerprint density at radius 1 is 1.20 bits per heavy atom. The standard InChI is InChI=1S/C12H15N3/c13-10-12(11-4-6-14-7-5-11)15-8-2-1-3-9-15/h4-7,12H,1-3,8-9H2. The summed E-state index contributed by atoms with van der Waals surface area (Å²) in [6.45, 7) is 2.08. The van der Waals surface area contributed by atoms with Gasteiger partial charge in [0, 0.05) is 12.4 Å². The van der Waals surface area contributed by atoms with Gasteiger partial charge in [-0.15, -0.1) is 0 Å². The van der Waals surface area contributed by atoms with Gasteiger partial charge < -0.3 is 0 Å². The topological polar surface area (TPSA) is 39.9 Å². The lowest BCUT2D eigenvalue weighted by Crippen LogP contribution is -2.33. The average molecular weight is 201 g/mol. The fourth-order valence-electron chi connectivity index (χ4n) is 2.09. The van der Waals surface area contributed by atoms with Crippen molar-refractivity contribution in [3.63, 3.8) is 0 Å². The lowest BCUT2D eigenvalue weighted by molar-refractivity contribution is 0.196. The predicted octanol–water partition coefficient (Wildman–Crippen LogP) is 2.13. The summed E-state index contributed by atoms with van der Waals surface area (Å²) >= 11 is 0. The van der Waals surface area contributed by atoms with Crippen LogP contribution in [0.5, 0.6) is 0 Å². The van der Waals surface area contributed by atoms with Gasteiger partial charge in [-0.05, 0) is 43.6 Å². The molecule has 1 unspecified atom stereocenters. The molecule has 3 heteroatoms. The lowest BCUT2D eigenvalue weighted by Gasteiger charge is -2.30. The third kappa shape index (κ3) is 2.34. The van der Waals surface area contributed by atoms with E-state index in [1.807, 2.05) is 12.1 Å². The Bertz CT molecular complexity index is 336. The van der Waals surface area contributed by atoms with Crippen LogP contribution in [0.3, 0.4) is 0 Å². The Kier molecular flexibility index (Phi) is 3.31. The van der Waals surface area contributed by atoms with Gasteiger partial charge in [-0.1, -0.05) is 6.42 Å². The third-order valence-corrected chi connectivity index (χ3v) is 2.90. The molecule has 0 amide bonds. The summed E-state index contributed by atoms with van der Waals surface area (Å²) < 4.78 is 0. The minimum Gasteiger partial charge on any atom is -0.284 e. The summed E-state index contributed by atoms with van der Waals surface area (Å²) in [5.74, 6) is 0. The van der Waals surface area contributed by atoms with Gasteiger partial charge in [0.05, 0.1) is 6.07 Å². The van der Waals surface area contributed by atoms with E-state index in [2.05, 4.69) is 16.0 Å². The first-order chi connectivity index (χ1) is 7.42. The molecule has 1 aromatic heterocycles. The van der Waals surface area contributed by atoms with E-state index in [1.165, 1.54) is 19.3 Å². The molecule has 1 aliphatic rings. The monoisotopic (exact) mass is 201 g/mol. The maximum Gasteiger partial charge on any atom is 0.123 e. The highest BCUT2D eigenvalue weighted by Crippen LogP contribution is 2.23. The highest BCUT2D eigenvalue weighted by Gasteiger charge is 2.21. The molecular weight excluding hydrogens is 186 g/mol. The van der Waals surface area contributed by atoms with Crippen LogP contribution in [0.1, 0.15) is 30.9 Å². The van der Waals surface area contributed by atoms with E-state index in [9.17, 15) is 5.26 Å². The first kappa shape index (κ1) is 10.1. The molecule has 0 spiro atoms. The van der Waals surface area contributed by atoms with Crippen molar-refractivity contribution in [2.75, 3.05) is 13.1 Å². The number of piperidine rings is 1. The van der Waals surface area contributed by atoms with E-state index in [0.717, 1.165) is 18.7 Å². The Labute approximate surface area is 90.4 Å². The maximum atomic E-state index is 9.22. The van der Waals surface area contributed by atoms with E-state index < -0.39 is 0 Å². The van der Waals surface area contributed by atoms with E-state index in [-0.39, 0.29) is 6.04 Å². The molecule has 2 heterocycles. The Balaban J connectivity index is 2.14. The zero-order valence-corrected chi connectivity index (χ0v) is 8.76. The number of hydrogen-bond donors (Lipinski definition) is 0. The summed E-state index contributed by atoms with van der Waals surface area (Å²) in [5.41, 5.74) is 1.06. The van der Waals surface area contributed by atoms with Crippen LogP contribution in [0, 0.1) is 11.3 Å². The van der Waals surface area contributed by atoms with Gasteiger partial charge in [-0.3, -0.25) is 9.88 Å². The van der Waals surface area contributed by atoms with Crippen molar-refractivity contribution in [3.8, 4) is 6.07 Å². The van der Waals surface area contributed by atoms with Crippen LogP contribution in [0.2, 0.25) is 0 Å². The third-order valence-electron chi connectivity index (χ3n) is 2.90. The molecule has 78 valence electrons. The first-order valence-corrected chi connectivity index (χ1v) is 5.45. The summed E-state index contributed by atoms with van der Waals surface area (Å²) in [4.78, 5) is 6.24. The minimum atomic E-state index is -0.0895. The molecule has 1 aliphatic heterocycles. The van der Waals surface area contributed by atoms with Crippen LogP contribution < -0.4 is 0 Å². The smallest absolute Gasteiger partial charge is 0.123 e. The van der Waals surface area contributed by atoms with Crippen LogP contribution in [-0.2, 0) is 0 Å². The fourth-order valence-corrected chi connectivity index (χ4v) is 2.09. The van der Waals surface area contributed by atoms with Crippen molar-refractivity contribution in [3.05, 3.63) is 30.1 Å². The quantitative estimate of drug-likeness (QED) is 0.736. The summed E-state index contributed by atoms with van der Waals surface area (Å²) in [6.07, 6.45) is 7.23. The van der Waals surface area contributed by atoms with Crippen molar-refractivity contribution in [1.29, 1.82) is 5.26 Å². The predicted molar refractivity (Wildman–Crippen MR) is 58.0 cm³/mol. The summed E-state index contributed by atoms with van der Waals surface area (Å²) in [6, 6.07) is 6.16. The molecule has 1 saturated heterocycles. The van der Waals surface area contributed by atoms with Crippen molar-refractivity contribution < 1.29 is 0 Å². The van der Waals surface area contributed by atoms with Gasteiger partial charge in [0.1, 0.15) is 6.04 Å². The van der Waals surface area contributed by atoms with Crippen molar-refractivity contribution in [1.82, 2.24) is 9.88 Å². The van der Waals surface area contributed by atoms with Crippen LogP contribution in [0.25, 0.3) is 0 Å². The van der Waals surface area contributed by atoms with E-state index >= 15 is 0 Å². The van der Waals surface area contributed by atoms with Gasteiger partial charge in [0.15, 0.2) is 0 Å². The highest BCUT2D eigenvalue weighted by molar-refractivity contribution is 5.21. The molecule has 1 atom stereocenters. The van der Waals surface area contributed by atoms with Crippen molar-refractivity contribution >= 4 is 0 Å². The molecule has 3 nitrogen and oxygen atoms in total. The maximum absolute atomic E-state index is 9.22. The van der Waals surface area contributed by atoms with Crippen LogP contribution in [0.15, 0.2) is 24.5 Å². The molecule has 15 heavy (non-hydrogen) atoms. The SMILES string of the molecule is N#CC(c1ccncc1)N1CCCCC1. The second-order valence-corrected chi connectivity index (χ2v) is 3.91. The summed E-state index contributed by atoms with van der Waals surface area (Å²) in [5, 5.41) is 9.22. The molecule has 0 radical (unpaired) electrons. The molecule has 2 rings (SSSR count). The van der Waals surface area contributed by atoms with Crippen molar-refractivity contribution in [2.24, 2.45) is 0 Å². The van der Waals surface area contributed by atoms with E-state index in [4.69, 9.17) is 0 Å². The molecule has 0 saturated carbocycles. The molecule has 0 N–H and O–H groups in total. The minimum absolute atomic E-state index is 0.0895. The van der Waals surface area contributed by atoms with Gasteiger partial charge in [0.25, 0.3) is 0 Å². The number of aromatic nitrogens is 1. The molecule has 0 aliphatic carbocycles. The number of nitriles is 1.